The third-order valence-corrected chi connectivity index (χ3v) is 12.4. The number of nitrogens with zero attached hydrogens (tertiary/aromatic N) is 4. The number of pyridine rings is 1. The Bertz CT molecular complexity index is 3530. The molecule has 306 valence electrons. The zero-order valence-corrected chi connectivity index (χ0v) is 38.0. The van der Waals surface area contributed by atoms with Gasteiger partial charge in [-0.2, -0.15) is 0 Å². The van der Waals surface area contributed by atoms with Crippen LogP contribution < -0.4 is 4.74 Å². The number of furan rings is 1. The summed E-state index contributed by atoms with van der Waals surface area (Å²) in [5, 5.41) is 4.17. The van der Waals surface area contributed by atoms with Gasteiger partial charge in [-0.05, 0) is 113 Å². The van der Waals surface area contributed by atoms with Gasteiger partial charge in [0.2, 0.25) is 0 Å². The molecule has 0 aliphatic rings. The van der Waals surface area contributed by atoms with Crippen LogP contribution in [0, 0.1) is 32.9 Å². The summed E-state index contributed by atoms with van der Waals surface area (Å²) in [6.45, 7) is 15.6. The predicted molar refractivity (Wildman–Crippen MR) is 250 cm³/mol. The van der Waals surface area contributed by atoms with Gasteiger partial charge in [-0.1, -0.05) is 112 Å². The number of para-hydroxylation sites is 2. The largest absolute Gasteiger partial charge is 2.00 e. The molecule has 0 fully saturated rings. The van der Waals surface area contributed by atoms with E-state index in [0.29, 0.717) is 11.5 Å². The van der Waals surface area contributed by atoms with Gasteiger partial charge in [0.1, 0.15) is 5.52 Å². The Balaban J connectivity index is 0.00000458. The van der Waals surface area contributed by atoms with Crippen LogP contribution in [0.1, 0.15) is 67.3 Å². The van der Waals surface area contributed by atoms with Crippen molar-refractivity contribution in [1.29, 1.82) is 0 Å². The molecule has 11 aromatic rings. The Hall–Kier alpha value is -6.49. The maximum Gasteiger partial charge on any atom is 2.00 e. The van der Waals surface area contributed by atoms with Crippen LogP contribution >= 0.6 is 0 Å². The average molecular weight is 988 g/mol. The molecule has 0 atom stereocenters. The molecule has 62 heavy (non-hydrogen) atoms. The summed E-state index contributed by atoms with van der Waals surface area (Å²) in [5.74, 6) is 2.49. The van der Waals surface area contributed by atoms with E-state index in [9.17, 15) is 0 Å². The quantitative estimate of drug-likeness (QED) is 0.118. The normalized spacial score (nSPS) is 12.0. The van der Waals surface area contributed by atoms with Crippen molar-refractivity contribution in [2.24, 2.45) is 0 Å². The minimum Gasteiger partial charge on any atom is -0.497 e. The fourth-order valence-corrected chi connectivity index (χ4v) is 9.23. The van der Waals surface area contributed by atoms with E-state index in [1.165, 1.54) is 39.1 Å². The van der Waals surface area contributed by atoms with Gasteiger partial charge in [0.05, 0.1) is 34.3 Å². The minimum atomic E-state index is 0. The summed E-state index contributed by atoms with van der Waals surface area (Å²) in [4.78, 5) is 10.6. The van der Waals surface area contributed by atoms with E-state index in [1.807, 2.05) is 18.2 Å². The fraction of sp³-hybridized carbons (Fsp3) is 0.164. The number of fused-ring (bicyclic) bond motifs is 11. The molecule has 0 amide bonds. The van der Waals surface area contributed by atoms with Crippen LogP contribution in [-0.2, 0) is 21.1 Å². The van der Waals surface area contributed by atoms with Crippen molar-refractivity contribution in [3.05, 3.63) is 168 Å². The molecule has 7 heteroatoms. The first kappa shape index (κ1) is 39.6. The number of aromatic nitrogens is 4. The van der Waals surface area contributed by atoms with Crippen molar-refractivity contribution in [2.45, 2.75) is 60.3 Å². The molecule has 4 heterocycles. The summed E-state index contributed by atoms with van der Waals surface area (Å²) in [6, 6.07) is 50.1. The van der Waals surface area contributed by atoms with Crippen molar-refractivity contribution in [2.75, 3.05) is 0 Å². The molecule has 0 radical (unpaired) electrons. The van der Waals surface area contributed by atoms with Crippen LogP contribution in [0.5, 0.6) is 11.5 Å². The summed E-state index contributed by atoms with van der Waals surface area (Å²) in [6.07, 6.45) is 1.73. The SMILES string of the molecule is Cc1cc2c3c(C)cc(Oc4[c-]c(-c5nc6ccccc6n5-c5c(C(C)C)cc(-c6ccccc6)cc5C(C)C)ccc4)[c-]c3c3nc4c5occc5ccc4n3c2cc1C.[Pt+2]. The number of hydrogen-bond acceptors (Lipinski definition) is 4. The molecule has 0 aliphatic carbocycles. The molecular formula is C55H44N4O2Pt. The van der Waals surface area contributed by atoms with E-state index in [-0.39, 0.29) is 32.9 Å². The van der Waals surface area contributed by atoms with Gasteiger partial charge in [-0.15, -0.1) is 29.3 Å². The molecule has 6 nitrogen and oxygen atoms in total. The van der Waals surface area contributed by atoms with Crippen LogP contribution in [-0.4, -0.2) is 18.9 Å². The Kier molecular flexibility index (Phi) is 9.68. The predicted octanol–water partition coefficient (Wildman–Crippen LogP) is 14.8. The molecule has 0 spiro atoms. The second-order valence-electron chi connectivity index (χ2n) is 17.0. The zero-order chi connectivity index (χ0) is 41.7. The number of aryl methyl sites for hydroxylation is 3. The number of ether oxygens (including phenoxy) is 1. The molecule has 0 N–H and O–H groups in total. The van der Waals surface area contributed by atoms with Gasteiger partial charge >= 0.3 is 21.1 Å². The van der Waals surface area contributed by atoms with Crippen molar-refractivity contribution < 1.29 is 30.2 Å². The van der Waals surface area contributed by atoms with Gasteiger partial charge in [-0.25, -0.2) is 0 Å². The zero-order valence-electron chi connectivity index (χ0n) is 35.7. The monoisotopic (exact) mass is 987 g/mol. The van der Waals surface area contributed by atoms with E-state index in [0.717, 1.165) is 77.3 Å². The molecule has 0 saturated carbocycles. The fourth-order valence-electron chi connectivity index (χ4n) is 9.23. The van der Waals surface area contributed by atoms with E-state index >= 15 is 0 Å². The van der Waals surface area contributed by atoms with Gasteiger partial charge < -0.3 is 18.1 Å². The minimum absolute atomic E-state index is 0. The van der Waals surface area contributed by atoms with Crippen molar-refractivity contribution >= 4 is 60.4 Å². The summed E-state index contributed by atoms with van der Waals surface area (Å²) >= 11 is 0. The topological polar surface area (TPSA) is 57.5 Å². The molecule has 7 aromatic carbocycles. The van der Waals surface area contributed by atoms with Gasteiger partial charge in [-0.3, -0.25) is 9.97 Å². The van der Waals surface area contributed by atoms with Gasteiger partial charge in [0.15, 0.2) is 5.58 Å². The second kappa shape index (κ2) is 15.1. The third-order valence-electron chi connectivity index (χ3n) is 12.4. The van der Waals surface area contributed by atoms with Crippen LogP contribution in [0.15, 0.2) is 132 Å². The third kappa shape index (κ3) is 6.26. The smallest absolute Gasteiger partial charge is 0.497 e. The second-order valence-corrected chi connectivity index (χ2v) is 17.0. The molecule has 0 aliphatic heterocycles. The van der Waals surface area contributed by atoms with E-state index in [4.69, 9.17) is 19.1 Å². The van der Waals surface area contributed by atoms with E-state index < -0.39 is 0 Å². The van der Waals surface area contributed by atoms with Crippen molar-refractivity contribution in [1.82, 2.24) is 18.9 Å². The van der Waals surface area contributed by atoms with Crippen LogP contribution in [0.2, 0.25) is 0 Å². The average Bonchev–Trinajstić information content (AvgIpc) is 4.00. The van der Waals surface area contributed by atoms with Crippen LogP contribution in [0.3, 0.4) is 0 Å². The Morgan fingerprint density at radius 2 is 1.37 bits per heavy atom. The molecule has 4 aromatic heterocycles. The van der Waals surface area contributed by atoms with Gasteiger partial charge in [0, 0.05) is 28.1 Å². The van der Waals surface area contributed by atoms with E-state index in [2.05, 4.69) is 173 Å². The molecule has 0 bridgehead atoms. The van der Waals surface area contributed by atoms with Crippen molar-refractivity contribution in [3.63, 3.8) is 0 Å². The first-order chi connectivity index (χ1) is 29.6. The molecule has 11 rings (SSSR count). The number of imidazole rings is 2. The maximum atomic E-state index is 6.77. The molecule has 0 unspecified atom stereocenters. The number of hydrogen-bond donors (Lipinski definition) is 0. The Morgan fingerprint density at radius 1 is 0.629 bits per heavy atom. The first-order valence-corrected chi connectivity index (χ1v) is 21.1. The van der Waals surface area contributed by atoms with Crippen LogP contribution in [0.4, 0.5) is 0 Å². The number of rotatable bonds is 7. The first-order valence-electron chi connectivity index (χ1n) is 21.1. The summed E-state index contributed by atoms with van der Waals surface area (Å²) in [7, 11) is 0. The standard InChI is InChI=1S/C55H44N4O2.Pt/c1-31(2)42-28-39(36-14-9-8-10-15-36)29-43(32(3)4)52(42)59-47-19-12-11-18-46(47)56-54(59)38-16-13-17-40(27-38)61-41-24-35(7)50-44-25-33(5)34(6)26-49(44)58-48-21-20-37-22-23-60-53(37)51(48)57-55(58)45(50)30-41;/h8-26,28-29,31-32H,1-7H3;/q-2;+2. The summed E-state index contributed by atoms with van der Waals surface area (Å²) in [5.41, 5.74) is 17.0. The van der Waals surface area contributed by atoms with Gasteiger partial charge in [0.25, 0.3) is 0 Å². The van der Waals surface area contributed by atoms with Crippen molar-refractivity contribution in [3.8, 4) is 39.7 Å². The Morgan fingerprint density at radius 3 is 2.15 bits per heavy atom. The Labute approximate surface area is 375 Å². The maximum absolute atomic E-state index is 6.77. The summed E-state index contributed by atoms with van der Waals surface area (Å²) < 4.78 is 17.4. The van der Waals surface area contributed by atoms with Crippen LogP contribution in [0.25, 0.3) is 88.6 Å². The van der Waals surface area contributed by atoms with E-state index in [1.54, 1.807) is 6.26 Å². The molecule has 0 saturated heterocycles. The number of benzene rings is 7. The molecular weight excluding hydrogens is 944 g/mol.